The molecule has 10 heavy (non-hydrogen) atoms. The summed E-state index contributed by atoms with van der Waals surface area (Å²) in [5.74, 6) is 2.22. The smallest absolute Gasteiger partial charge is 0.104 e. The van der Waals surface area contributed by atoms with Gasteiger partial charge in [-0.1, -0.05) is 6.92 Å². The summed E-state index contributed by atoms with van der Waals surface area (Å²) in [6.07, 6.45) is 2.63. The molecule has 1 atom stereocenters. The SMILES string of the molecule is CC(CCl)Cc1ccco1. The van der Waals surface area contributed by atoms with Crippen molar-refractivity contribution in [3.63, 3.8) is 0 Å². The van der Waals surface area contributed by atoms with E-state index in [1.807, 2.05) is 12.1 Å². The minimum absolute atomic E-state index is 0.507. The van der Waals surface area contributed by atoms with E-state index >= 15 is 0 Å². The van der Waals surface area contributed by atoms with E-state index in [2.05, 4.69) is 6.92 Å². The number of furan rings is 1. The summed E-state index contributed by atoms with van der Waals surface area (Å²) in [6, 6.07) is 3.87. The van der Waals surface area contributed by atoms with Crippen molar-refractivity contribution in [2.45, 2.75) is 13.3 Å². The first kappa shape index (κ1) is 7.67. The predicted octanol–water partition coefficient (Wildman–Crippen LogP) is 2.70. The van der Waals surface area contributed by atoms with E-state index in [9.17, 15) is 0 Å². The van der Waals surface area contributed by atoms with Crippen molar-refractivity contribution in [1.29, 1.82) is 0 Å². The third kappa shape index (κ3) is 2.07. The fourth-order valence-electron chi connectivity index (χ4n) is 0.827. The van der Waals surface area contributed by atoms with Gasteiger partial charge < -0.3 is 4.42 Å². The van der Waals surface area contributed by atoms with E-state index in [0.717, 1.165) is 12.2 Å². The van der Waals surface area contributed by atoms with Gasteiger partial charge in [-0.2, -0.15) is 0 Å². The molecule has 0 saturated carbocycles. The first-order valence-electron chi connectivity index (χ1n) is 3.41. The van der Waals surface area contributed by atoms with Crippen molar-refractivity contribution < 1.29 is 4.42 Å². The molecule has 1 unspecified atom stereocenters. The molecule has 1 nitrogen and oxygen atoms in total. The van der Waals surface area contributed by atoms with Gasteiger partial charge in [0.2, 0.25) is 0 Å². The highest BCUT2D eigenvalue weighted by atomic mass is 35.5. The highest BCUT2D eigenvalue weighted by Crippen LogP contribution is 2.09. The van der Waals surface area contributed by atoms with Crippen molar-refractivity contribution in [3.8, 4) is 0 Å². The van der Waals surface area contributed by atoms with Gasteiger partial charge in [0, 0.05) is 12.3 Å². The summed E-state index contributed by atoms with van der Waals surface area (Å²) in [5, 5.41) is 0. The Hall–Kier alpha value is -0.430. The second kappa shape index (κ2) is 3.67. The van der Waals surface area contributed by atoms with Crippen LogP contribution in [0.25, 0.3) is 0 Å². The second-order valence-electron chi connectivity index (χ2n) is 2.54. The van der Waals surface area contributed by atoms with Crippen molar-refractivity contribution in [2.75, 3.05) is 5.88 Å². The van der Waals surface area contributed by atoms with E-state index in [1.54, 1.807) is 6.26 Å². The van der Waals surface area contributed by atoms with Crippen LogP contribution in [0.15, 0.2) is 22.8 Å². The molecule has 0 aliphatic heterocycles. The first-order chi connectivity index (χ1) is 4.83. The molecule has 0 fully saturated rings. The average Bonchev–Trinajstić information content (AvgIpc) is 2.40. The number of alkyl halides is 1. The standard InChI is InChI=1S/C8H11ClO/c1-7(6-9)5-8-3-2-4-10-8/h2-4,7H,5-6H2,1H3. The molecule has 0 aliphatic rings. The van der Waals surface area contributed by atoms with Gasteiger partial charge in [-0.05, 0) is 18.1 Å². The molecule has 1 aromatic heterocycles. The number of hydrogen-bond acceptors (Lipinski definition) is 1. The lowest BCUT2D eigenvalue weighted by atomic mass is 10.1. The van der Waals surface area contributed by atoms with Gasteiger partial charge in [0.1, 0.15) is 5.76 Å². The maximum absolute atomic E-state index is 5.63. The Morgan fingerprint density at radius 3 is 3.00 bits per heavy atom. The quantitative estimate of drug-likeness (QED) is 0.617. The molecule has 1 aromatic rings. The summed E-state index contributed by atoms with van der Waals surface area (Å²) in [6.45, 7) is 2.11. The molecule has 1 rings (SSSR count). The maximum Gasteiger partial charge on any atom is 0.104 e. The van der Waals surface area contributed by atoms with E-state index in [-0.39, 0.29) is 0 Å². The van der Waals surface area contributed by atoms with Crippen molar-refractivity contribution in [3.05, 3.63) is 24.2 Å². The van der Waals surface area contributed by atoms with Gasteiger partial charge in [-0.3, -0.25) is 0 Å². The van der Waals surface area contributed by atoms with E-state index in [0.29, 0.717) is 11.8 Å². The largest absolute Gasteiger partial charge is 0.469 e. The van der Waals surface area contributed by atoms with Gasteiger partial charge in [0.25, 0.3) is 0 Å². The fraction of sp³-hybridized carbons (Fsp3) is 0.500. The summed E-state index contributed by atoms with van der Waals surface area (Å²) in [7, 11) is 0. The number of rotatable bonds is 3. The molecular formula is C8H11ClO. The number of hydrogen-bond donors (Lipinski definition) is 0. The lowest BCUT2D eigenvalue weighted by molar-refractivity contribution is 0.474. The second-order valence-corrected chi connectivity index (χ2v) is 2.85. The van der Waals surface area contributed by atoms with E-state index in [1.165, 1.54) is 0 Å². The van der Waals surface area contributed by atoms with Crippen molar-refractivity contribution in [2.24, 2.45) is 5.92 Å². The van der Waals surface area contributed by atoms with Gasteiger partial charge in [0.05, 0.1) is 6.26 Å². The van der Waals surface area contributed by atoms with E-state index < -0.39 is 0 Å². The Morgan fingerprint density at radius 2 is 2.50 bits per heavy atom. The van der Waals surface area contributed by atoms with Crippen LogP contribution in [0.2, 0.25) is 0 Å². The normalized spacial score (nSPS) is 13.4. The Balaban J connectivity index is 2.40. The molecule has 2 heteroatoms. The van der Waals surface area contributed by atoms with Crippen LogP contribution in [0.1, 0.15) is 12.7 Å². The molecule has 0 N–H and O–H groups in total. The molecule has 1 heterocycles. The molecule has 56 valence electrons. The highest BCUT2D eigenvalue weighted by molar-refractivity contribution is 6.18. The maximum atomic E-state index is 5.63. The zero-order valence-electron chi connectivity index (χ0n) is 6.01. The molecule has 0 radical (unpaired) electrons. The number of halogens is 1. The Morgan fingerprint density at radius 1 is 1.70 bits per heavy atom. The van der Waals surface area contributed by atoms with Gasteiger partial charge >= 0.3 is 0 Å². The van der Waals surface area contributed by atoms with Crippen LogP contribution in [0.5, 0.6) is 0 Å². The highest BCUT2D eigenvalue weighted by Gasteiger charge is 2.02. The van der Waals surface area contributed by atoms with Crippen LogP contribution < -0.4 is 0 Å². The van der Waals surface area contributed by atoms with Crippen LogP contribution in [0.3, 0.4) is 0 Å². The van der Waals surface area contributed by atoms with Crippen molar-refractivity contribution in [1.82, 2.24) is 0 Å². The zero-order chi connectivity index (χ0) is 7.40. The topological polar surface area (TPSA) is 13.1 Å². The molecule has 0 spiro atoms. The van der Waals surface area contributed by atoms with E-state index in [4.69, 9.17) is 16.0 Å². The summed E-state index contributed by atoms with van der Waals surface area (Å²) in [5.41, 5.74) is 0. The lowest BCUT2D eigenvalue weighted by Gasteiger charge is -2.02. The fourth-order valence-corrected chi connectivity index (χ4v) is 0.936. The lowest BCUT2D eigenvalue weighted by Crippen LogP contribution is -1.99. The molecule has 0 aromatic carbocycles. The minimum atomic E-state index is 0.507. The van der Waals surface area contributed by atoms with Gasteiger partial charge in [-0.15, -0.1) is 11.6 Å². The Bertz CT molecular complexity index is 169. The third-order valence-corrected chi connectivity index (χ3v) is 1.92. The molecular weight excluding hydrogens is 148 g/mol. The van der Waals surface area contributed by atoms with Gasteiger partial charge in [-0.25, -0.2) is 0 Å². The van der Waals surface area contributed by atoms with Crippen LogP contribution in [0.4, 0.5) is 0 Å². The first-order valence-corrected chi connectivity index (χ1v) is 3.94. The minimum Gasteiger partial charge on any atom is -0.469 e. The van der Waals surface area contributed by atoms with Crippen LogP contribution in [-0.2, 0) is 6.42 Å². The van der Waals surface area contributed by atoms with Gasteiger partial charge in [0.15, 0.2) is 0 Å². The third-order valence-electron chi connectivity index (χ3n) is 1.39. The van der Waals surface area contributed by atoms with Crippen LogP contribution >= 0.6 is 11.6 Å². The predicted molar refractivity (Wildman–Crippen MR) is 42.3 cm³/mol. The monoisotopic (exact) mass is 158 g/mol. The van der Waals surface area contributed by atoms with Crippen LogP contribution in [0, 0.1) is 5.92 Å². The zero-order valence-corrected chi connectivity index (χ0v) is 6.77. The molecule has 0 amide bonds. The summed E-state index contributed by atoms with van der Waals surface area (Å²) < 4.78 is 5.15. The molecule has 0 bridgehead atoms. The van der Waals surface area contributed by atoms with Crippen molar-refractivity contribution >= 4 is 11.6 Å². The Labute approximate surface area is 66.0 Å². The average molecular weight is 159 g/mol. The Kier molecular flexibility index (Phi) is 2.82. The molecule has 0 saturated heterocycles. The summed E-state index contributed by atoms with van der Waals surface area (Å²) >= 11 is 5.63. The summed E-state index contributed by atoms with van der Waals surface area (Å²) in [4.78, 5) is 0. The molecule has 0 aliphatic carbocycles. The van der Waals surface area contributed by atoms with Crippen LogP contribution in [-0.4, -0.2) is 5.88 Å².